The van der Waals surface area contributed by atoms with Crippen molar-refractivity contribution in [1.82, 2.24) is 5.32 Å². The Labute approximate surface area is 111 Å². The van der Waals surface area contributed by atoms with Gasteiger partial charge < -0.3 is 10.4 Å². The molecule has 1 unspecified atom stereocenters. The molecule has 5 heteroatoms. The number of rotatable bonds is 7. The molecule has 0 heterocycles. The van der Waals surface area contributed by atoms with E-state index in [9.17, 15) is 14.0 Å². The Balaban J connectivity index is 2.42. The molecule has 0 saturated heterocycles. The Kier molecular flexibility index (Phi) is 5.99. The molecule has 19 heavy (non-hydrogen) atoms. The lowest BCUT2D eigenvalue weighted by atomic mass is 10.1. The zero-order chi connectivity index (χ0) is 14.3. The van der Waals surface area contributed by atoms with Crippen molar-refractivity contribution in [3.8, 4) is 0 Å². The maximum Gasteiger partial charge on any atom is 0.326 e. The Morgan fingerprint density at radius 3 is 2.47 bits per heavy atom. The number of nitrogens with one attached hydrogen (secondary N) is 1. The molecule has 1 amide bonds. The summed E-state index contributed by atoms with van der Waals surface area (Å²) in [4.78, 5) is 22.5. The van der Waals surface area contributed by atoms with Crippen LogP contribution < -0.4 is 5.32 Å². The minimum atomic E-state index is -1.02. The normalized spacial score (nSPS) is 11.9. The summed E-state index contributed by atoms with van der Waals surface area (Å²) in [5, 5.41) is 11.4. The van der Waals surface area contributed by atoms with Crippen molar-refractivity contribution in [3.63, 3.8) is 0 Å². The highest BCUT2D eigenvalue weighted by molar-refractivity contribution is 5.83. The molecule has 1 atom stereocenters. The number of amides is 1. The summed E-state index contributed by atoms with van der Waals surface area (Å²) in [5.74, 6) is -1.63. The van der Waals surface area contributed by atoms with Crippen LogP contribution in [0, 0.1) is 5.82 Å². The van der Waals surface area contributed by atoms with Crippen molar-refractivity contribution in [2.24, 2.45) is 0 Å². The molecule has 0 radical (unpaired) electrons. The summed E-state index contributed by atoms with van der Waals surface area (Å²) >= 11 is 0. The topological polar surface area (TPSA) is 66.4 Å². The highest BCUT2D eigenvalue weighted by Crippen LogP contribution is 2.06. The van der Waals surface area contributed by atoms with E-state index in [1.807, 2.05) is 6.92 Å². The Hall–Kier alpha value is -1.91. The van der Waals surface area contributed by atoms with Gasteiger partial charge in [-0.3, -0.25) is 4.79 Å². The summed E-state index contributed by atoms with van der Waals surface area (Å²) in [5.41, 5.74) is 0.846. The molecule has 0 aliphatic carbocycles. The van der Waals surface area contributed by atoms with E-state index in [0.717, 1.165) is 5.56 Å². The van der Waals surface area contributed by atoms with Crippen LogP contribution in [-0.2, 0) is 16.0 Å². The van der Waals surface area contributed by atoms with Gasteiger partial charge in [0, 0.05) is 6.42 Å². The second-order valence-electron chi connectivity index (χ2n) is 4.37. The SMILES string of the molecule is CCCC(NC(=O)CCc1ccc(F)cc1)C(=O)O. The lowest BCUT2D eigenvalue weighted by molar-refractivity contribution is -0.142. The van der Waals surface area contributed by atoms with E-state index < -0.39 is 12.0 Å². The molecular weight excluding hydrogens is 249 g/mol. The maximum absolute atomic E-state index is 12.7. The molecule has 0 fully saturated rings. The standard InChI is InChI=1S/C14H18FNO3/c1-2-3-12(14(18)19)16-13(17)9-6-10-4-7-11(15)8-5-10/h4-5,7-8,12H,2-3,6,9H2,1H3,(H,16,17)(H,18,19). The maximum atomic E-state index is 12.7. The molecule has 0 aromatic heterocycles. The van der Waals surface area contributed by atoms with Crippen LogP contribution in [-0.4, -0.2) is 23.0 Å². The van der Waals surface area contributed by atoms with E-state index in [0.29, 0.717) is 19.3 Å². The first kappa shape index (κ1) is 15.1. The monoisotopic (exact) mass is 267 g/mol. The van der Waals surface area contributed by atoms with E-state index in [2.05, 4.69) is 5.32 Å². The second kappa shape index (κ2) is 7.51. The largest absolute Gasteiger partial charge is 0.480 e. The van der Waals surface area contributed by atoms with Crippen LogP contribution in [0.3, 0.4) is 0 Å². The first-order valence-electron chi connectivity index (χ1n) is 6.29. The summed E-state index contributed by atoms with van der Waals surface area (Å²) in [6, 6.07) is 5.08. The van der Waals surface area contributed by atoms with Crippen molar-refractivity contribution in [2.75, 3.05) is 0 Å². The van der Waals surface area contributed by atoms with Crippen LogP contribution in [0.1, 0.15) is 31.7 Å². The molecule has 104 valence electrons. The van der Waals surface area contributed by atoms with Gasteiger partial charge in [-0.1, -0.05) is 25.5 Å². The number of benzene rings is 1. The van der Waals surface area contributed by atoms with Crippen LogP contribution >= 0.6 is 0 Å². The van der Waals surface area contributed by atoms with Crippen molar-refractivity contribution in [3.05, 3.63) is 35.6 Å². The first-order chi connectivity index (χ1) is 9.02. The van der Waals surface area contributed by atoms with Crippen molar-refractivity contribution in [1.29, 1.82) is 0 Å². The van der Waals surface area contributed by atoms with Crippen molar-refractivity contribution in [2.45, 2.75) is 38.6 Å². The highest BCUT2D eigenvalue weighted by Gasteiger charge is 2.18. The lowest BCUT2D eigenvalue weighted by Crippen LogP contribution is -2.40. The average molecular weight is 267 g/mol. The van der Waals surface area contributed by atoms with Gasteiger partial charge in [-0.05, 0) is 30.5 Å². The molecule has 1 aromatic rings. The number of carboxylic acids is 1. The molecule has 1 rings (SSSR count). The number of aryl methyl sites for hydroxylation is 1. The molecule has 0 spiro atoms. The summed E-state index contributed by atoms with van der Waals surface area (Å²) < 4.78 is 12.7. The number of carbonyl (C=O) groups is 2. The number of hydrogen-bond acceptors (Lipinski definition) is 2. The molecule has 0 saturated carbocycles. The summed E-state index contributed by atoms with van der Waals surface area (Å²) in [6.45, 7) is 1.86. The van der Waals surface area contributed by atoms with Crippen LogP contribution in [0.15, 0.2) is 24.3 Å². The van der Waals surface area contributed by atoms with Gasteiger partial charge in [-0.25, -0.2) is 9.18 Å². The molecule has 0 aliphatic rings. The molecular formula is C14H18FNO3. The molecule has 4 nitrogen and oxygen atoms in total. The van der Waals surface area contributed by atoms with Gasteiger partial charge in [-0.15, -0.1) is 0 Å². The van der Waals surface area contributed by atoms with Crippen molar-refractivity contribution < 1.29 is 19.1 Å². The van der Waals surface area contributed by atoms with Crippen LogP contribution in [0.25, 0.3) is 0 Å². The number of halogens is 1. The van der Waals surface area contributed by atoms with Crippen LogP contribution in [0.5, 0.6) is 0 Å². The average Bonchev–Trinajstić information content (AvgIpc) is 2.37. The number of aliphatic carboxylic acids is 1. The fourth-order valence-electron chi connectivity index (χ4n) is 1.72. The van der Waals surface area contributed by atoms with Gasteiger partial charge in [-0.2, -0.15) is 0 Å². The second-order valence-corrected chi connectivity index (χ2v) is 4.37. The number of hydrogen-bond donors (Lipinski definition) is 2. The first-order valence-corrected chi connectivity index (χ1v) is 6.29. The van der Waals surface area contributed by atoms with E-state index in [4.69, 9.17) is 5.11 Å². The lowest BCUT2D eigenvalue weighted by Gasteiger charge is -2.13. The third-order valence-electron chi connectivity index (χ3n) is 2.76. The van der Waals surface area contributed by atoms with E-state index in [-0.39, 0.29) is 18.1 Å². The van der Waals surface area contributed by atoms with Gasteiger partial charge in [0.25, 0.3) is 0 Å². The number of carboxylic acid groups (broad SMARTS) is 1. The Morgan fingerprint density at radius 2 is 1.95 bits per heavy atom. The summed E-state index contributed by atoms with van der Waals surface area (Å²) in [7, 11) is 0. The predicted molar refractivity (Wildman–Crippen MR) is 69.2 cm³/mol. The number of carbonyl (C=O) groups excluding carboxylic acids is 1. The summed E-state index contributed by atoms with van der Waals surface area (Å²) in [6.07, 6.45) is 1.76. The van der Waals surface area contributed by atoms with Crippen molar-refractivity contribution >= 4 is 11.9 Å². The third kappa shape index (κ3) is 5.50. The van der Waals surface area contributed by atoms with Gasteiger partial charge in [0.05, 0.1) is 0 Å². The molecule has 2 N–H and O–H groups in total. The van der Waals surface area contributed by atoms with Gasteiger partial charge >= 0.3 is 5.97 Å². The van der Waals surface area contributed by atoms with E-state index in [1.165, 1.54) is 12.1 Å². The highest BCUT2D eigenvalue weighted by atomic mass is 19.1. The molecule has 0 bridgehead atoms. The van der Waals surface area contributed by atoms with Gasteiger partial charge in [0.1, 0.15) is 11.9 Å². The Bertz CT molecular complexity index is 431. The molecule has 0 aliphatic heterocycles. The Morgan fingerprint density at radius 1 is 1.32 bits per heavy atom. The fraction of sp³-hybridized carbons (Fsp3) is 0.429. The zero-order valence-corrected chi connectivity index (χ0v) is 10.9. The zero-order valence-electron chi connectivity index (χ0n) is 10.9. The minimum Gasteiger partial charge on any atom is -0.480 e. The van der Waals surface area contributed by atoms with Crippen LogP contribution in [0.2, 0.25) is 0 Å². The van der Waals surface area contributed by atoms with Gasteiger partial charge in [0.15, 0.2) is 0 Å². The molecule has 1 aromatic carbocycles. The van der Waals surface area contributed by atoms with Gasteiger partial charge in [0.2, 0.25) is 5.91 Å². The van der Waals surface area contributed by atoms with E-state index in [1.54, 1.807) is 12.1 Å². The minimum absolute atomic E-state index is 0.194. The fourth-order valence-corrected chi connectivity index (χ4v) is 1.72. The smallest absolute Gasteiger partial charge is 0.326 e. The predicted octanol–water partition coefficient (Wildman–Crippen LogP) is 2.13. The van der Waals surface area contributed by atoms with E-state index >= 15 is 0 Å². The van der Waals surface area contributed by atoms with Crippen LogP contribution in [0.4, 0.5) is 4.39 Å². The third-order valence-corrected chi connectivity index (χ3v) is 2.76. The quantitative estimate of drug-likeness (QED) is 0.795.